The minimum Gasteiger partial charge on any atom is -0.328 e. The van der Waals surface area contributed by atoms with Crippen molar-refractivity contribution in [1.29, 1.82) is 0 Å². The van der Waals surface area contributed by atoms with E-state index in [-0.39, 0.29) is 4.68 Å². The molecule has 1 rings (SSSR count). The molecule has 0 aliphatic rings. The monoisotopic (exact) mass is 223 g/mol. The lowest BCUT2D eigenvalue weighted by Gasteiger charge is -2.19. The Morgan fingerprint density at radius 3 is 2.47 bits per heavy atom. The first-order valence-corrected chi connectivity index (χ1v) is 3.95. The van der Waals surface area contributed by atoms with E-state index in [1.807, 2.05) is 0 Å². The summed E-state index contributed by atoms with van der Waals surface area (Å²) >= 11 is 0. The number of nitrogens with one attached hydrogen (secondary N) is 1. The largest absolute Gasteiger partial charge is 0.412 e. The summed E-state index contributed by atoms with van der Waals surface area (Å²) in [6.07, 6.45) is -4.68. The van der Waals surface area contributed by atoms with Gasteiger partial charge in [0.15, 0.2) is 6.04 Å². The molecule has 15 heavy (non-hydrogen) atoms. The first-order chi connectivity index (χ1) is 6.86. The average Bonchev–Trinajstić information content (AvgIpc) is 2.10. The van der Waals surface area contributed by atoms with Crippen molar-refractivity contribution in [3.05, 3.63) is 32.8 Å². The number of hydrogen-bond acceptors (Lipinski definition) is 3. The highest BCUT2D eigenvalue weighted by atomic mass is 19.4. The van der Waals surface area contributed by atoms with Gasteiger partial charge in [0.2, 0.25) is 0 Å². The third kappa shape index (κ3) is 2.46. The van der Waals surface area contributed by atoms with Gasteiger partial charge in [0, 0.05) is 18.7 Å². The van der Waals surface area contributed by atoms with Crippen molar-refractivity contribution in [3.63, 3.8) is 0 Å². The Morgan fingerprint density at radius 2 is 2.00 bits per heavy atom. The molecule has 0 spiro atoms. The van der Waals surface area contributed by atoms with E-state index in [4.69, 9.17) is 5.73 Å². The van der Waals surface area contributed by atoms with Crippen molar-refractivity contribution < 1.29 is 13.2 Å². The molecule has 0 bridgehead atoms. The molecule has 1 unspecified atom stereocenters. The zero-order valence-corrected chi connectivity index (χ0v) is 7.41. The number of aromatic amines is 1. The van der Waals surface area contributed by atoms with Gasteiger partial charge in [0.25, 0.3) is 11.1 Å². The van der Waals surface area contributed by atoms with Crippen LogP contribution in [0.3, 0.4) is 0 Å². The Labute approximate surface area is 81.3 Å². The van der Waals surface area contributed by atoms with E-state index >= 15 is 0 Å². The highest BCUT2D eigenvalue weighted by Gasteiger charge is 2.41. The first-order valence-electron chi connectivity index (χ1n) is 3.95. The van der Waals surface area contributed by atoms with Crippen LogP contribution in [0.15, 0.2) is 21.7 Å². The van der Waals surface area contributed by atoms with Gasteiger partial charge in [-0.2, -0.15) is 13.2 Å². The van der Waals surface area contributed by atoms with E-state index in [0.717, 1.165) is 12.1 Å². The van der Waals surface area contributed by atoms with Crippen LogP contribution in [-0.4, -0.2) is 22.5 Å². The van der Waals surface area contributed by atoms with Crippen molar-refractivity contribution in [1.82, 2.24) is 9.78 Å². The highest BCUT2D eigenvalue weighted by Crippen LogP contribution is 2.27. The molecule has 0 aliphatic carbocycles. The molecule has 0 saturated heterocycles. The van der Waals surface area contributed by atoms with Gasteiger partial charge in [-0.05, 0) is 0 Å². The van der Waals surface area contributed by atoms with E-state index in [0.29, 0.717) is 0 Å². The summed E-state index contributed by atoms with van der Waals surface area (Å²) < 4.78 is 37.3. The Balaban J connectivity index is 3.30. The summed E-state index contributed by atoms with van der Waals surface area (Å²) in [5.74, 6) is 0. The standard InChI is InChI=1S/C7H8F3N3O2/c8-7(9,10)4(3-11)13-6(15)2-1-5(14)12-13/h1-2,4H,3,11H2,(H,12,14). The van der Waals surface area contributed by atoms with Crippen LogP contribution in [0.25, 0.3) is 0 Å². The predicted octanol–water partition coefficient (Wildman–Crippen LogP) is -0.401. The average molecular weight is 223 g/mol. The third-order valence-electron chi connectivity index (χ3n) is 1.76. The van der Waals surface area contributed by atoms with E-state index in [9.17, 15) is 22.8 Å². The van der Waals surface area contributed by atoms with Crippen LogP contribution in [-0.2, 0) is 0 Å². The summed E-state index contributed by atoms with van der Waals surface area (Å²) in [4.78, 5) is 21.8. The minimum atomic E-state index is -4.68. The lowest BCUT2D eigenvalue weighted by molar-refractivity contribution is -0.168. The lowest BCUT2D eigenvalue weighted by Crippen LogP contribution is -2.42. The van der Waals surface area contributed by atoms with Crippen molar-refractivity contribution in [2.24, 2.45) is 5.73 Å². The fourth-order valence-electron chi connectivity index (χ4n) is 1.06. The topological polar surface area (TPSA) is 80.9 Å². The maximum atomic E-state index is 12.4. The molecule has 0 radical (unpaired) electrons. The molecule has 0 amide bonds. The zero-order chi connectivity index (χ0) is 11.6. The van der Waals surface area contributed by atoms with Gasteiger partial charge in [0.1, 0.15) is 0 Å². The van der Waals surface area contributed by atoms with Crippen LogP contribution >= 0.6 is 0 Å². The summed E-state index contributed by atoms with van der Waals surface area (Å²) in [6, 6.07) is -0.602. The number of hydrogen-bond donors (Lipinski definition) is 2. The van der Waals surface area contributed by atoms with Crippen molar-refractivity contribution in [3.8, 4) is 0 Å². The number of halogens is 3. The second kappa shape index (κ2) is 3.89. The summed E-state index contributed by atoms with van der Waals surface area (Å²) in [5, 5.41) is 1.78. The van der Waals surface area contributed by atoms with Crippen LogP contribution < -0.4 is 16.9 Å². The molecule has 0 aromatic carbocycles. The second-order valence-electron chi connectivity index (χ2n) is 2.81. The SMILES string of the molecule is NCC(n1[nH]c(=O)ccc1=O)C(F)(F)F. The molecular formula is C7H8F3N3O2. The molecule has 8 heteroatoms. The molecule has 0 fully saturated rings. The summed E-state index contributed by atoms with van der Waals surface area (Å²) in [5.41, 5.74) is 3.16. The maximum absolute atomic E-state index is 12.4. The van der Waals surface area contributed by atoms with Gasteiger partial charge >= 0.3 is 6.18 Å². The Bertz CT molecular complexity index is 448. The van der Waals surface area contributed by atoms with Crippen LogP contribution in [0, 0.1) is 0 Å². The molecule has 84 valence electrons. The number of H-pyrrole nitrogens is 1. The molecule has 1 atom stereocenters. The molecule has 0 aliphatic heterocycles. The molecule has 0 saturated carbocycles. The van der Waals surface area contributed by atoms with Gasteiger partial charge < -0.3 is 5.73 Å². The first kappa shape index (κ1) is 11.5. The second-order valence-corrected chi connectivity index (χ2v) is 2.81. The molecule has 3 N–H and O–H groups in total. The fraction of sp³-hybridized carbons (Fsp3) is 0.429. The smallest absolute Gasteiger partial charge is 0.328 e. The van der Waals surface area contributed by atoms with E-state index in [1.54, 1.807) is 5.10 Å². The summed E-state index contributed by atoms with van der Waals surface area (Å²) in [6.45, 7) is -0.816. The predicted molar refractivity (Wildman–Crippen MR) is 45.5 cm³/mol. The van der Waals surface area contributed by atoms with E-state index in [1.165, 1.54) is 0 Å². The van der Waals surface area contributed by atoms with Crippen molar-refractivity contribution in [2.45, 2.75) is 12.2 Å². The molecule has 1 heterocycles. The number of alkyl halides is 3. The quantitative estimate of drug-likeness (QED) is 0.715. The van der Waals surface area contributed by atoms with Gasteiger partial charge in [-0.25, -0.2) is 4.68 Å². The molecule has 1 aromatic heterocycles. The number of rotatable bonds is 2. The molecule has 5 nitrogen and oxygen atoms in total. The van der Waals surface area contributed by atoms with Gasteiger partial charge in [0.05, 0.1) is 0 Å². The highest BCUT2D eigenvalue weighted by molar-refractivity contribution is 4.89. The van der Waals surface area contributed by atoms with E-state index in [2.05, 4.69) is 0 Å². The maximum Gasteiger partial charge on any atom is 0.412 e. The number of aromatic nitrogens is 2. The van der Waals surface area contributed by atoms with Crippen LogP contribution in [0.5, 0.6) is 0 Å². The third-order valence-corrected chi connectivity index (χ3v) is 1.76. The lowest BCUT2D eigenvalue weighted by atomic mass is 10.3. The molecule has 1 aromatic rings. The summed E-state index contributed by atoms with van der Waals surface area (Å²) in [7, 11) is 0. The fourth-order valence-corrected chi connectivity index (χ4v) is 1.06. The molecular weight excluding hydrogens is 215 g/mol. The zero-order valence-electron chi connectivity index (χ0n) is 7.41. The Kier molecular flexibility index (Phi) is 2.98. The Hall–Kier alpha value is -1.57. The number of nitrogens with two attached hydrogens (primary N) is 1. The Morgan fingerprint density at radius 1 is 1.40 bits per heavy atom. The normalized spacial score (nSPS) is 13.9. The van der Waals surface area contributed by atoms with Crippen LogP contribution in [0.1, 0.15) is 6.04 Å². The van der Waals surface area contributed by atoms with Crippen molar-refractivity contribution >= 4 is 0 Å². The van der Waals surface area contributed by atoms with Gasteiger partial charge in [-0.1, -0.05) is 0 Å². The van der Waals surface area contributed by atoms with Gasteiger partial charge in [-0.3, -0.25) is 14.7 Å². The minimum absolute atomic E-state index is 0.183. The number of nitrogens with zero attached hydrogens (tertiary/aromatic N) is 1. The van der Waals surface area contributed by atoms with Crippen LogP contribution in [0.2, 0.25) is 0 Å². The van der Waals surface area contributed by atoms with E-state index < -0.39 is 29.9 Å². The van der Waals surface area contributed by atoms with Crippen molar-refractivity contribution in [2.75, 3.05) is 6.54 Å². The van der Waals surface area contributed by atoms with Crippen LogP contribution in [0.4, 0.5) is 13.2 Å². The van der Waals surface area contributed by atoms with Gasteiger partial charge in [-0.15, -0.1) is 0 Å².